The van der Waals surface area contributed by atoms with Gasteiger partial charge in [-0.3, -0.25) is 0 Å². The molecular weight excluding hydrogens is 72.1 g/mol. The molecule has 0 aliphatic rings. The van der Waals surface area contributed by atoms with Gasteiger partial charge in [0.25, 0.3) is 0 Å². The Morgan fingerprint density at radius 2 is 2.17 bits per heavy atom. The van der Waals surface area contributed by atoms with E-state index in [9.17, 15) is 0 Å². The smallest absolute Gasteiger partial charge is 0.0316 e. The summed E-state index contributed by atoms with van der Waals surface area (Å²) in [6.45, 7) is 7.16. The van der Waals surface area contributed by atoms with E-state index in [2.05, 4.69) is 13.8 Å². The average molecular weight is 82.1 g/mol. The van der Waals surface area contributed by atoms with Crippen LogP contribution in [0.25, 0.3) is 0 Å². The van der Waals surface area contributed by atoms with Crippen molar-refractivity contribution in [2.75, 3.05) is 0 Å². The van der Waals surface area contributed by atoms with Crippen molar-refractivity contribution in [3.63, 3.8) is 0 Å². The van der Waals surface area contributed by atoms with E-state index in [-0.39, 0.29) is 0 Å². The fourth-order valence-corrected chi connectivity index (χ4v) is 0.236. The maximum atomic E-state index is 3.64. The van der Waals surface area contributed by atoms with Crippen LogP contribution in [0.3, 0.4) is 0 Å². The number of allylic oxidation sites excluding steroid dienone is 2. The van der Waals surface area contributed by atoms with Gasteiger partial charge in [-0.2, -0.15) is 0 Å². The highest BCUT2D eigenvalue weighted by Gasteiger charge is 1.65. The van der Waals surface area contributed by atoms with E-state index in [1.165, 1.54) is 0 Å². The molecule has 0 N–H and O–H groups in total. The molecule has 0 atom stereocenters. The number of hydrogen-bond acceptors (Lipinski definition) is 0. The molecule has 0 aromatic rings. The van der Waals surface area contributed by atoms with Gasteiger partial charge < -0.3 is 0 Å². The summed E-state index contributed by atoms with van der Waals surface area (Å²) in [7, 11) is 0. The fourth-order valence-electron chi connectivity index (χ4n) is 0.236. The topological polar surface area (TPSA) is 0 Å². The number of hydrogen-bond donors (Lipinski definition) is 0. The normalized spacial score (nSPS) is 10.3. The van der Waals surface area contributed by atoms with Crippen molar-refractivity contribution >= 4 is 0 Å². The van der Waals surface area contributed by atoms with Gasteiger partial charge in [0.15, 0.2) is 0 Å². The SMILES string of the molecule is [CH2]/C=C/CC[CH2]. The first kappa shape index (κ1) is 5.74. The van der Waals surface area contributed by atoms with Gasteiger partial charge in [-0.25, -0.2) is 0 Å². The molecule has 0 heteroatoms. The Labute approximate surface area is 39.9 Å². The minimum Gasteiger partial charge on any atom is -0.0885 e. The van der Waals surface area contributed by atoms with Gasteiger partial charge in [0, 0.05) is 0 Å². The first-order valence-corrected chi connectivity index (χ1v) is 2.15. The summed E-state index contributed by atoms with van der Waals surface area (Å²) in [5.41, 5.74) is 0. The lowest BCUT2D eigenvalue weighted by Gasteiger charge is -1.76. The Kier molecular flexibility index (Phi) is 4.53. The number of rotatable bonds is 2. The summed E-state index contributed by atoms with van der Waals surface area (Å²) in [6, 6.07) is 0. The van der Waals surface area contributed by atoms with E-state index >= 15 is 0 Å². The van der Waals surface area contributed by atoms with Gasteiger partial charge in [-0.15, -0.1) is 0 Å². The average Bonchev–Trinajstić information content (AvgIpc) is 1.61. The molecule has 6 heavy (non-hydrogen) atoms. The molecule has 0 saturated carbocycles. The summed E-state index contributed by atoms with van der Waals surface area (Å²) in [5, 5.41) is 0. The highest BCUT2D eigenvalue weighted by Crippen LogP contribution is 1.84. The lowest BCUT2D eigenvalue weighted by molar-refractivity contribution is 1.05. The van der Waals surface area contributed by atoms with Gasteiger partial charge >= 0.3 is 0 Å². The summed E-state index contributed by atoms with van der Waals surface area (Å²) in [6.07, 6.45) is 5.84. The maximum Gasteiger partial charge on any atom is -0.0316 e. The second kappa shape index (κ2) is 4.74. The van der Waals surface area contributed by atoms with E-state index in [1.54, 1.807) is 6.08 Å². The molecule has 0 aliphatic heterocycles. The van der Waals surface area contributed by atoms with Gasteiger partial charge in [-0.1, -0.05) is 19.1 Å². The third kappa shape index (κ3) is 3.74. The molecule has 0 aromatic carbocycles. The highest BCUT2D eigenvalue weighted by atomic mass is 13.7. The van der Waals surface area contributed by atoms with Gasteiger partial charge in [0.05, 0.1) is 0 Å². The molecule has 0 fully saturated rings. The molecule has 0 heterocycles. The Bertz CT molecular complexity index is 35.3. The van der Waals surface area contributed by atoms with Crippen molar-refractivity contribution in [2.24, 2.45) is 0 Å². The zero-order valence-electron chi connectivity index (χ0n) is 3.98. The van der Waals surface area contributed by atoms with E-state index in [0.717, 1.165) is 12.8 Å². The van der Waals surface area contributed by atoms with Crippen LogP contribution in [-0.2, 0) is 0 Å². The van der Waals surface area contributed by atoms with E-state index in [4.69, 9.17) is 0 Å². The molecule has 2 radical (unpaired) electrons. The van der Waals surface area contributed by atoms with Crippen molar-refractivity contribution in [2.45, 2.75) is 12.8 Å². The lowest BCUT2D eigenvalue weighted by Crippen LogP contribution is -1.56. The predicted octanol–water partition coefficient (Wildman–Crippen LogP) is 1.99. The molecular formula is C6H10. The predicted molar refractivity (Wildman–Crippen MR) is 29.1 cm³/mol. The molecule has 34 valence electrons. The minimum absolute atomic E-state index is 0.978. The summed E-state index contributed by atoms with van der Waals surface area (Å²) < 4.78 is 0. The van der Waals surface area contributed by atoms with Gasteiger partial charge in [0.1, 0.15) is 0 Å². The van der Waals surface area contributed by atoms with Crippen LogP contribution in [0, 0.1) is 13.8 Å². The van der Waals surface area contributed by atoms with Crippen molar-refractivity contribution < 1.29 is 0 Å². The minimum atomic E-state index is 0.978. The molecule has 0 amide bonds. The van der Waals surface area contributed by atoms with Crippen LogP contribution in [0.2, 0.25) is 0 Å². The molecule has 0 bridgehead atoms. The van der Waals surface area contributed by atoms with Crippen molar-refractivity contribution in [1.82, 2.24) is 0 Å². The van der Waals surface area contributed by atoms with Crippen LogP contribution in [0.1, 0.15) is 12.8 Å². The fraction of sp³-hybridized carbons (Fsp3) is 0.333. The summed E-state index contributed by atoms with van der Waals surface area (Å²) in [4.78, 5) is 0. The van der Waals surface area contributed by atoms with Crippen molar-refractivity contribution in [1.29, 1.82) is 0 Å². The molecule has 0 aliphatic carbocycles. The second-order valence-corrected chi connectivity index (χ2v) is 1.11. The van der Waals surface area contributed by atoms with Crippen molar-refractivity contribution in [3.8, 4) is 0 Å². The van der Waals surface area contributed by atoms with Crippen LogP contribution >= 0.6 is 0 Å². The molecule has 0 aromatic heterocycles. The standard InChI is InChI=1S/C6H10/c1-3-5-6-4-2/h3,5H,1-2,4,6H2/b5-3+. The zero-order chi connectivity index (χ0) is 4.83. The third-order valence-corrected chi connectivity index (χ3v) is 0.537. The van der Waals surface area contributed by atoms with Gasteiger partial charge in [0.2, 0.25) is 0 Å². The van der Waals surface area contributed by atoms with Crippen LogP contribution < -0.4 is 0 Å². The maximum absolute atomic E-state index is 3.64. The Morgan fingerprint density at radius 1 is 1.50 bits per heavy atom. The quantitative estimate of drug-likeness (QED) is 0.478. The lowest BCUT2D eigenvalue weighted by atomic mass is 10.3. The Balaban J connectivity index is 2.66. The summed E-state index contributed by atoms with van der Waals surface area (Å²) >= 11 is 0. The van der Waals surface area contributed by atoms with Crippen molar-refractivity contribution in [3.05, 3.63) is 26.0 Å². The highest BCUT2D eigenvalue weighted by molar-refractivity contribution is 4.83. The molecule has 0 unspecified atom stereocenters. The van der Waals surface area contributed by atoms with E-state index in [1.807, 2.05) is 6.08 Å². The van der Waals surface area contributed by atoms with Crippen LogP contribution in [0.5, 0.6) is 0 Å². The van der Waals surface area contributed by atoms with Crippen LogP contribution in [0.15, 0.2) is 12.2 Å². The third-order valence-electron chi connectivity index (χ3n) is 0.537. The van der Waals surface area contributed by atoms with E-state index < -0.39 is 0 Å². The first-order chi connectivity index (χ1) is 2.91. The first-order valence-electron chi connectivity index (χ1n) is 2.15. The van der Waals surface area contributed by atoms with Crippen LogP contribution in [0.4, 0.5) is 0 Å². The Hall–Kier alpha value is -0.260. The monoisotopic (exact) mass is 82.1 g/mol. The Morgan fingerprint density at radius 3 is 2.33 bits per heavy atom. The molecule has 0 saturated heterocycles. The zero-order valence-corrected chi connectivity index (χ0v) is 3.98. The molecule has 0 nitrogen and oxygen atoms in total. The molecule has 0 rings (SSSR count). The molecule has 0 spiro atoms. The van der Waals surface area contributed by atoms with E-state index in [0.29, 0.717) is 0 Å². The number of unbranched alkanes of at least 4 members (excludes halogenated alkanes) is 1. The largest absolute Gasteiger partial charge is 0.0885 e. The van der Waals surface area contributed by atoms with Gasteiger partial charge in [-0.05, 0) is 19.8 Å². The second-order valence-electron chi connectivity index (χ2n) is 1.11. The van der Waals surface area contributed by atoms with Crippen LogP contribution in [-0.4, -0.2) is 0 Å². The summed E-state index contributed by atoms with van der Waals surface area (Å²) in [5.74, 6) is 0.